The summed E-state index contributed by atoms with van der Waals surface area (Å²) in [6.45, 7) is 0. The number of carboxylic acid groups (broad SMARTS) is 1. The highest BCUT2D eigenvalue weighted by Crippen LogP contribution is 2.35. The maximum absolute atomic E-state index is 11.1. The lowest BCUT2D eigenvalue weighted by Crippen LogP contribution is -2.31. The lowest BCUT2D eigenvalue weighted by Gasteiger charge is -2.15. The van der Waals surface area contributed by atoms with Gasteiger partial charge in [0.1, 0.15) is 11.8 Å². The van der Waals surface area contributed by atoms with Gasteiger partial charge >= 0.3 is 5.97 Å². The molecule has 1 unspecified atom stereocenters. The van der Waals surface area contributed by atoms with Gasteiger partial charge in [-0.05, 0) is 52.9 Å². The zero-order chi connectivity index (χ0) is 12.4. The van der Waals surface area contributed by atoms with Gasteiger partial charge in [-0.25, -0.2) is 4.79 Å². The standard InChI is InChI=1S/C12H14BrNO3/c1-17-10-5-4-8(6-9(10)13)14-11(12(15)16)7-2-3-7/h4-7,11,14H,2-3H2,1H3,(H,15,16). The normalized spacial score (nSPS) is 16.4. The molecule has 1 fully saturated rings. The molecule has 0 heterocycles. The fourth-order valence-electron chi connectivity index (χ4n) is 1.75. The van der Waals surface area contributed by atoms with E-state index in [1.54, 1.807) is 13.2 Å². The number of ether oxygens (including phenoxy) is 1. The number of hydrogen-bond acceptors (Lipinski definition) is 3. The van der Waals surface area contributed by atoms with E-state index in [0.29, 0.717) is 0 Å². The molecule has 2 rings (SSSR count). The minimum Gasteiger partial charge on any atom is -0.496 e. The van der Waals surface area contributed by atoms with Crippen LogP contribution in [0.5, 0.6) is 5.75 Å². The SMILES string of the molecule is COc1ccc(NC(C(=O)O)C2CC2)cc1Br. The van der Waals surface area contributed by atoms with Gasteiger partial charge in [0.05, 0.1) is 11.6 Å². The molecule has 1 aliphatic rings. The number of anilines is 1. The Morgan fingerprint density at radius 2 is 2.29 bits per heavy atom. The highest BCUT2D eigenvalue weighted by atomic mass is 79.9. The van der Waals surface area contributed by atoms with Crippen molar-refractivity contribution in [2.45, 2.75) is 18.9 Å². The zero-order valence-corrected chi connectivity index (χ0v) is 11.0. The molecule has 0 bridgehead atoms. The summed E-state index contributed by atoms with van der Waals surface area (Å²) < 4.78 is 5.93. The van der Waals surface area contributed by atoms with Gasteiger partial charge in [-0.2, -0.15) is 0 Å². The van der Waals surface area contributed by atoms with Crippen molar-refractivity contribution in [2.75, 3.05) is 12.4 Å². The fraction of sp³-hybridized carbons (Fsp3) is 0.417. The van der Waals surface area contributed by atoms with Gasteiger partial charge in [0.25, 0.3) is 0 Å². The first-order chi connectivity index (χ1) is 8.11. The number of hydrogen-bond donors (Lipinski definition) is 2. The third-order valence-electron chi connectivity index (χ3n) is 2.83. The lowest BCUT2D eigenvalue weighted by atomic mass is 10.1. The molecule has 1 saturated carbocycles. The van der Waals surface area contributed by atoms with Crippen LogP contribution in [0.4, 0.5) is 5.69 Å². The topological polar surface area (TPSA) is 58.6 Å². The van der Waals surface area contributed by atoms with Crippen LogP contribution >= 0.6 is 15.9 Å². The molecule has 0 saturated heterocycles. The average Bonchev–Trinajstić information content (AvgIpc) is 3.09. The van der Waals surface area contributed by atoms with Crippen molar-refractivity contribution in [3.63, 3.8) is 0 Å². The van der Waals surface area contributed by atoms with Crippen LogP contribution in [0.25, 0.3) is 0 Å². The molecule has 0 amide bonds. The maximum Gasteiger partial charge on any atom is 0.326 e. The Balaban J connectivity index is 2.11. The number of halogens is 1. The Bertz CT molecular complexity index is 432. The Hall–Kier alpha value is -1.23. The molecule has 2 N–H and O–H groups in total. The molecule has 17 heavy (non-hydrogen) atoms. The van der Waals surface area contributed by atoms with Crippen LogP contribution in [0.1, 0.15) is 12.8 Å². The van der Waals surface area contributed by atoms with Crippen molar-refractivity contribution >= 4 is 27.6 Å². The van der Waals surface area contributed by atoms with Crippen LogP contribution in [0.15, 0.2) is 22.7 Å². The third-order valence-corrected chi connectivity index (χ3v) is 3.45. The van der Waals surface area contributed by atoms with E-state index < -0.39 is 12.0 Å². The van der Waals surface area contributed by atoms with Gasteiger partial charge in [0, 0.05) is 5.69 Å². The van der Waals surface area contributed by atoms with Crippen LogP contribution in [-0.2, 0) is 4.79 Å². The van der Waals surface area contributed by atoms with Crippen LogP contribution < -0.4 is 10.1 Å². The Morgan fingerprint density at radius 1 is 1.59 bits per heavy atom. The van der Waals surface area contributed by atoms with Crippen LogP contribution in [0, 0.1) is 5.92 Å². The second-order valence-electron chi connectivity index (χ2n) is 4.15. The minimum absolute atomic E-state index is 0.258. The number of carbonyl (C=O) groups is 1. The van der Waals surface area contributed by atoms with Crippen molar-refractivity contribution in [2.24, 2.45) is 5.92 Å². The monoisotopic (exact) mass is 299 g/mol. The van der Waals surface area contributed by atoms with E-state index in [1.165, 1.54) is 0 Å². The molecular weight excluding hydrogens is 286 g/mol. The first-order valence-electron chi connectivity index (χ1n) is 5.44. The largest absolute Gasteiger partial charge is 0.496 e. The molecule has 0 aliphatic heterocycles. The van der Waals surface area contributed by atoms with Crippen molar-refractivity contribution in [3.05, 3.63) is 22.7 Å². The fourth-order valence-corrected chi connectivity index (χ4v) is 2.29. The molecule has 5 heteroatoms. The first kappa shape index (κ1) is 12.2. The van der Waals surface area contributed by atoms with Crippen molar-refractivity contribution in [3.8, 4) is 5.75 Å². The zero-order valence-electron chi connectivity index (χ0n) is 9.44. The maximum atomic E-state index is 11.1. The van der Waals surface area contributed by atoms with Crippen molar-refractivity contribution in [1.82, 2.24) is 0 Å². The second kappa shape index (κ2) is 4.96. The van der Waals surface area contributed by atoms with Gasteiger partial charge < -0.3 is 15.2 Å². The van der Waals surface area contributed by atoms with E-state index in [4.69, 9.17) is 9.84 Å². The van der Waals surface area contributed by atoms with Gasteiger partial charge in [-0.15, -0.1) is 0 Å². The third kappa shape index (κ3) is 2.91. The molecule has 0 radical (unpaired) electrons. The lowest BCUT2D eigenvalue weighted by molar-refractivity contribution is -0.138. The molecule has 0 aromatic heterocycles. The summed E-state index contributed by atoms with van der Waals surface area (Å²) in [5.74, 6) is 0.196. The number of methoxy groups -OCH3 is 1. The number of carboxylic acids is 1. The molecule has 1 aromatic rings. The molecule has 92 valence electrons. The average molecular weight is 300 g/mol. The van der Waals surface area contributed by atoms with E-state index in [-0.39, 0.29) is 5.92 Å². The molecule has 1 atom stereocenters. The van der Waals surface area contributed by atoms with E-state index in [2.05, 4.69) is 21.2 Å². The summed E-state index contributed by atoms with van der Waals surface area (Å²) in [4.78, 5) is 11.1. The number of nitrogens with one attached hydrogen (secondary N) is 1. The van der Waals surface area contributed by atoms with Crippen molar-refractivity contribution in [1.29, 1.82) is 0 Å². The summed E-state index contributed by atoms with van der Waals surface area (Å²) in [5, 5.41) is 12.2. The van der Waals surface area contributed by atoms with Crippen LogP contribution in [0.2, 0.25) is 0 Å². The summed E-state index contributed by atoms with van der Waals surface area (Å²) in [6, 6.07) is 4.97. The predicted molar refractivity (Wildman–Crippen MR) is 68.5 cm³/mol. The van der Waals surface area contributed by atoms with E-state index in [0.717, 1.165) is 28.8 Å². The molecular formula is C12H14BrNO3. The summed E-state index contributed by atoms with van der Waals surface area (Å²) >= 11 is 3.37. The molecule has 1 aromatic carbocycles. The highest BCUT2D eigenvalue weighted by Gasteiger charge is 2.36. The Morgan fingerprint density at radius 3 is 2.76 bits per heavy atom. The minimum atomic E-state index is -0.792. The second-order valence-corrected chi connectivity index (χ2v) is 5.00. The summed E-state index contributed by atoms with van der Waals surface area (Å²) in [5.41, 5.74) is 0.789. The number of aliphatic carboxylic acids is 1. The quantitative estimate of drug-likeness (QED) is 0.878. The van der Waals surface area contributed by atoms with Gasteiger partial charge in [-0.1, -0.05) is 0 Å². The van der Waals surface area contributed by atoms with E-state index in [1.807, 2.05) is 12.1 Å². The molecule has 1 aliphatic carbocycles. The highest BCUT2D eigenvalue weighted by molar-refractivity contribution is 9.10. The summed E-state index contributed by atoms with van der Waals surface area (Å²) in [6.07, 6.45) is 1.97. The number of benzene rings is 1. The van der Waals surface area contributed by atoms with Gasteiger partial charge in [0.2, 0.25) is 0 Å². The smallest absolute Gasteiger partial charge is 0.326 e. The van der Waals surface area contributed by atoms with E-state index >= 15 is 0 Å². The van der Waals surface area contributed by atoms with Gasteiger partial charge in [-0.3, -0.25) is 0 Å². The molecule has 0 spiro atoms. The van der Waals surface area contributed by atoms with Crippen molar-refractivity contribution < 1.29 is 14.6 Å². The van der Waals surface area contributed by atoms with Crippen LogP contribution in [0.3, 0.4) is 0 Å². The Kier molecular flexibility index (Phi) is 3.57. The summed E-state index contributed by atoms with van der Waals surface area (Å²) in [7, 11) is 1.59. The number of rotatable bonds is 5. The predicted octanol–water partition coefficient (Wildman–Crippen LogP) is 2.73. The molecule has 4 nitrogen and oxygen atoms in total. The first-order valence-corrected chi connectivity index (χ1v) is 6.24. The van der Waals surface area contributed by atoms with E-state index in [9.17, 15) is 4.79 Å². The Labute approximate surface area is 108 Å². The van der Waals surface area contributed by atoms with Gasteiger partial charge in [0.15, 0.2) is 0 Å². The van der Waals surface area contributed by atoms with Crippen LogP contribution in [-0.4, -0.2) is 24.2 Å².